The Bertz CT molecular complexity index is 528. The van der Waals surface area contributed by atoms with E-state index in [4.69, 9.17) is 11.6 Å². The molecule has 0 nitrogen and oxygen atoms in total. The van der Waals surface area contributed by atoms with Crippen molar-refractivity contribution < 1.29 is 4.39 Å². The standard InChI is InChI=1S/C18H20ClF/c1-2-14-7-9-15(10-8-14)5-3-4-6-16-11-12-17(19)18(20)13-16/h3,5,11-15H,2,7-10H2,1H3/t14-,15-. The number of benzene rings is 1. The molecule has 1 fully saturated rings. The SMILES string of the molecule is CC[C@H]1CC[C@H](C=CC#Cc2ccc(Cl)c(F)c2)CC1. The second-order valence-corrected chi connectivity index (χ2v) is 5.85. The third-order valence-corrected chi connectivity index (χ3v) is 4.36. The molecule has 0 bridgehead atoms. The summed E-state index contributed by atoms with van der Waals surface area (Å²) >= 11 is 5.63. The molecule has 2 heteroatoms. The van der Waals surface area contributed by atoms with Crippen molar-refractivity contribution in [3.05, 3.63) is 46.8 Å². The van der Waals surface area contributed by atoms with Crippen LogP contribution in [-0.2, 0) is 0 Å². The maximum Gasteiger partial charge on any atom is 0.143 e. The van der Waals surface area contributed by atoms with Crippen LogP contribution >= 0.6 is 11.6 Å². The van der Waals surface area contributed by atoms with Crippen LogP contribution < -0.4 is 0 Å². The Morgan fingerprint density at radius 1 is 1.30 bits per heavy atom. The summed E-state index contributed by atoms with van der Waals surface area (Å²) in [6.07, 6.45) is 10.6. The average molecular weight is 291 g/mol. The fourth-order valence-electron chi connectivity index (χ4n) is 2.67. The zero-order valence-electron chi connectivity index (χ0n) is 11.8. The summed E-state index contributed by atoms with van der Waals surface area (Å²) in [5, 5.41) is 0.138. The minimum atomic E-state index is -0.416. The van der Waals surface area contributed by atoms with E-state index in [-0.39, 0.29) is 5.02 Å². The van der Waals surface area contributed by atoms with Gasteiger partial charge in [-0.2, -0.15) is 0 Å². The van der Waals surface area contributed by atoms with E-state index in [2.05, 4.69) is 24.8 Å². The largest absolute Gasteiger partial charge is 0.205 e. The molecule has 0 aliphatic heterocycles. The van der Waals surface area contributed by atoms with Crippen molar-refractivity contribution in [3.63, 3.8) is 0 Å². The highest BCUT2D eigenvalue weighted by molar-refractivity contribution is 6.30. The van der Waals surface area contributed by atoms with Gasteiger partial charge in [-0.3, -0.25) is 0 Å². The molecular formula is C18H20ClF. The molecule has 20 heavy (non-hydrogen) atoms. The van der Waals surface area contributed by atoms with E-state index in [0.717, 1.165) is 5.92 Å². The first kappa shape index (κ1) is 15.1. The van der Waals surface area contributed by atoms with Gasteiger partial charge in [0.25, 0.3) is 0 Å². The van der Waals surface area contributed by atoms with Crippen LogP contribution in [0.15, 0.2) is 30.4 Å². The molecule has 106 valence electrons. The number of hydrogen-bond donors (Lipinski definition) is 0. The van der Waals surface area contributed by atoms with Crippen LogP contribution in [-0.4, -0.2) is 0 Å². The molecule has 0 unspecified atom stereocenters. The van der Waals surface area contributed by atoms with Crippen molar-refractivity contribution in [1.82, 2.24) is 0 Å². The van der Waals surface area contributed by atoms with Crippen LogP contribution in [0.4, 0.5) is 4.39 Å². The van der Waals surface area contributed by atoms with Crippen LogP contribution in [0.5, 0.6) is 0 Å². The fraction of sp³-hybridized carbons (Fsp3) is 0.444. The molecule has 1 aromatic rings. The predicted molar refractivity (Wildman–Crippen MR) is 83.2 cm³/mol. The lowest BCUT2D eigenvalue weighted by molar-refractivity contribution is 0.304. The highest BCUT2D eigenvalue weighted by atomic mass is 35.5. The number of allylic oxidation sites excluding steroid dienone is 2. The van der Waals surface area contributed by atoms with Gasteiger partial charge in [-0.05, 0) is 61.8 Å². The molecule has 0 spiro atoms. The lowest BCUT2D eigenvalue weighted by atomic mass is 9.81. The van der Waals surface area contributed by atoms with E-state index in [1.54, 1.807) is 6.07 Å². The van der Waals surface area contributed by atoms with Crippen LogP contribution in [0.25, 0.3) is 0 Å². The third-order valence-electron chi connectivity index (χ3n) is 4.06. The smallest absolute Gasteiger partial charge is 0.143 e. The van der Waals surface area contributed by atoms with Gasteiger partial charge in [0.2, 0.25) is 0 Å². The lowest BCUT2D eigenvalue weighted by Gasteiger charge is -2.25. The molecule has 1 aliphatic carbocycles. The lowest BCUT2D eigenvalue weighted by Crippen LogP contribution is -2.11. The van der Waals surface area contributed by atoms with Gasteiger partial charge < -0.3 is 0 Å². The highest BCUT2D eigenvalue weighted by Gasteiger charge is 2.17. The van der Waals surface area contributed by atoms with E-state index >= 15 is 0 Å². The fourth-order valence-corrected chi connectivity index (χ4v) is 2.79. The number of halogens is 2. The molecule has 0 atom stereocenters. The molecule has 0 heterocycles. The van der Waals surface area contributed by atoms with Crippen LogP contribution in [0.3, 0.4) is 0 Å². The van der Waals surface area contributed by atoms with Gasteiger partial charge >= 0.3 is 0 Å². The summed E-state index contributed by atoms with van der Waals surface area (Å²) in [7, 11) is 0. The van der Waals surface area contributed by atoms with E-state index < -0.39 is 5.82 Å². The Hall–Kier alpha value is -1.26. The van der Waals surface area contributed by atoms with Gasteiger partial charge in [-0.25, -0.2) is 4.39 Å². The first-order valence-electron chi connectivity index (χ1n) is 7.32. The van der Waals surface area contributed by atoms with Gasteiger partial charge in [0, 0.05) is 5.56 Å². The Kier molecular flexibility index (Phi) is 5.68. The summed E-state index contributed by atoms with van der Waals surface area (Å²) in [5.74, 6) is 7.08. The Morgan fingerprint density at radius 2 is 2.05 bits per heavy atom. The number of hydrogen-bond acceptors (Lipinski definition) is 0. The second kappa shape index (κ2) is 7.50. The van der Waals surface area contributed by atoms with Gasteiger partial charge in [0.15, 0.2) is 0 Å². The van der Waals surface area contributed by atoms with Crippen molar-refractivity contribution in [2.75, 3.05) is 0 Å². The van der Waals surface area contributed by atoms with E-state index in [0.29, 0.717) is 11.5 Å². The van der Waals surface area contributed by atoms with Crippen molar-refractivity contribution >= 4 is 11.6 Å². The minimum Gasteiger partial charge on any atom is -0.205 e. The van der Waals surface area contributed by atoms with Crippen molar-refractivity contribution in [1.29, 1.82) is 0 Å². The van der Waals surface area contributed by atoms with Gasteiger partial charge in [-0.1, -0.05) is 42.9 Å². The summed E-state index contributed by atoms with van der Waals surface area (Å²) < 4.78 is 13.2. The zero-order valence-corrected chi connectivity index (χ0v) is 12.6. The Balaban J connectivity index is 1.87. The maximum absolute atomic E-state index is 13.2. The maximum atomic E-state index is 13.2. The molecule has 0 aromatic heterocycles. The van der Waals surface area contributed by atoms with Crippen molar-refractivity contribution in [2.24, 2.45) is 11.8 Å². The Labute approximate surface area is 126 Å². The molecule has 1 saturated carbocycles. The van der Waals surface area contributed by atoms with E-state index in [1.165, 1.54) is 44.2 Å². The van der Waals surface area contributed by atoms with Crippen LogP contribution in [0.1, 0.15) is 44.6 Å². The molecule has 0 amide bonds. The molecular weight excluding hydrogens is 271 g/mol. The first-order valence-corrected chi connectivity index (χ1v) is 7.70. The van der Waals surface area contributed by atoms with Gasteiger partial charge in [0.05, 0.1) is 5.02 Å². The molecule has 0 saturated heterocycles. The monoisotopic (exact) mass is 290 g/mol. The highest BCUT2D eigenvalue weighted by Crippen LogP contribution is 2.31. The molecule has 2 rings (SSSR count). The summed E-state index contributed by atoms with van der Waals surface area (Å²) in [5.41, 5.74) is 0.659. The molecule has 1 aromatic carbocycles. The molecule has 0 radical (unpaired) electrons. The second-order valence-electron chi connectivity index (χ2n) is 5.45. The molecule has 1 aliphatic rings. The third kappa shape index (κ3) is 4.39. The number of rotatable bonds is 2. The molecule has 0 N–H and O–H groups in total. The Morgan fingerprint density at radius 3 is 2.70 bits per heavy atom. The van der Waals surface area contributed by atoms with Gasteiger partial charge in [-0.15, -0.1) is 0 Å². The quantitative estimate of drug-likeness (QED) is 0.622. The minimum absolute atomic E-state index is 0.138. The average Bonchev–Trinajstić information content (AvgIpc) is 2.48. The predicted octanol–water partition coefficient (Wildman–Crippen LogP) is 5.60. The van der Waals surface area contributed by atoms with Crippen LogP contribution in [0.2, 0.25) is 5.02 Å². The topological polar surface area (TPSA) is 0 Å². The van der Waals surface area contributed by atoms with Crippen LogP contribution in [0, 0.1) is 29.5 Å². The van der Waals surface area contributed by atoms with Crippen molar-refractivity contribution in [2.45, 2.75) is 39.0 Å². The summed E-state index contributed by atoms with van der Waals surface area (Å²) in [6.45, 7) is 2.28. The van der Waals surface area contributed by atoms with Crippen molar-refractivity contribution in [3.8, 4) is 11.8 Å². The van der Waals surface area contributed by atoms with Gasteiger partial charge in [0.1, 0.15) is 5.82 Å². The zero-order chi connectivity index (χ0) is 14.4. The van der Waals surface area contributed by atoms with E-state index in [9.17, 15) is 4.39 Å². The normalized spacial score (nSPS) is 22.6. The van der Waals surface area contributed by atoms with E-state index in [1.807, 2.05) is 6.08 Å². The summed E-state index contributed by atoms with van der Waals surface area (Å²) in [6, 6.07) is 4.64. The summed E-state index contributed by atoms with van der Waals surface area (Å²) in [4.78, 5) is 0. The first-order chi connectivity index (χ1) is 9.69.